The van der Waals surface area contributed by atoms with Crippen LogP contribution in [-0.4, -0.2) is 57.8 Å². The molecule has 39 heavy (non-hydrogen) atoms. The van der Waals surface area contributed by atoms with Crippen LogP contribution >= 0.6 is 0 Å². The number of nitrogens with zero attached hydrogens (tertiary/aromatic N) is 3. The molecule has 0 bridgehead atoms. The number of carboxylic acid groups (broad SMARTS) is 1. The van der Waals surface area contributed by atoms with Crippen LogP contribution in [0.4, 0.5) is 32.2 Å². The zero-order chi connectivity index (χ0) is 28.5. The summed E-state index contributed by atoms with van der Waals surface area (Å²) in [4.78, 5) is 32.5. The molecule has 3 aromatic rings. The van der Waals surface area contributed by atoms with Crippen LogP contribution in [0, 0.1) is 0 Å². The van der Waals surface area contributed by atoms with E-state index in [1.165, 1.54) is 18.3 Å². The number of carboxylic acids is 1. The lowest BCUT2D eigenvalue weighted by atomic mass is 10.0. The van der Waals surface area contributed by atoms with Gasteiger partial charge in [0.2, 0.25) is 0 Å². The molecule has 9 nitrogen and oxygen atoms in total. The minimum absolute atomic E-state index is 0.187. The first-order valence-electron chi connectivity index (χ1n) is 11.3. The number of morpholine rings is 1. The van der Waals surface area contributed by atoms with Gasteiger partial charge in [-0.1, -0.05) is 12.1 Å². The van der Waals surface area contributed by atoms with Gasteiger partial charge in [-0.05, 0) is 29.3 Å². The van der Waals surface area contributed by atoms with Gasteiger partial charge in [-0.3, -0.25) is 4.79 Å². The van der Waals surface area contributed by atoms with Gasteiger partial charge in [-0.15, -0.1) is 0 Å². The normalized spacial score (nSPS) is 17.4. The Bertz CT molecular complexity index is 1390. The number of rotatable bonds is 2. The molecule has 1 saturated heterocycles. The molecule has 2 aliphatic rings. The number of carbonyl (C=O) groups excluding carboxylic acids is 1. The Kier molecular flexibility index (Phi) is 7.66. The van der Waals surface area contributed by atoms with E-state index < -0.39 is 29.9 Å². The standard InChI is InChI=1S/C22H19F3N4O3.C2HF3O2/c23-22(24,25)13-3-1-12(2-4-13)19-11-31-6-5-29(19)21(30)17-7-14-15-9-32-10-16(15)20(26)28-18(14)8-27-17;3-2(4,5)1(6)7/h1-4,7-8,19H,5-6,9-11H2,(H2,26,28);(H,6,7). The molecule has 3 N–H and O–H groups in total. The van der Waals surface area contributed by atoms with E-state index in [2.05, 4.69) is 9.97 Å². The van der Waals surface area contributed by atoms with Gasteiger partial charge in [0.15, 0.2) is 0 Å². The van der Waals surface area contributed by atoms with E-state index in [-0.39, 0.29) is 18.2 Å². The summed E-state index contributed by atoms with van der Waals surface area (Å²) in [5.41, 5.74) is 8.32. The largest absolute Gasteiger partial charge is 0.490 e. The van der Waals surface area contributed by atoms with Crippen molar-refractivity contribution in [2.75, 3.05) is 25.5 Å². The number of fused-ring (bicyclic) bond motifs is 3. The number of pyridine rings is 2. The molecule has 1 amide bonds. The van der Waals surface area contributed by atoms with Gasteiger partial charge in [0.1, 0.15) is 11.5 Å². The van der Waals surface area contributed by atoms with Crippen molar-refractivity contribution < 1.29 is 50.5 Å². The lowest BCUT2D eigenvalue weighted by molar-refractivity contribution is -0.192. The Morgan fingerprint density at radius 1 is 1.03 bits per heavy atom. The van der Waals surface area contributed by atoms with Crippen molar-refractivity contribution in [1.82, 2.24) is 14.9 Å². The minimum atomic E-state index is -5.08. The maximum Gasteiger partial charge on any atom is 0.490 e. The lowest BCUT2D eigenvalue weighted by Gasteiger charge is -2.35. The van der Waals surface area contributed by atoms with Crippen molar-refractivity contribution >= 4 is 28.6 Å². The third-order valence-electron chi connectivity index (χ3n) is 6.09. The van der Waals surface area contributed by atoms with Gasteiger partial charge >= 0.3 is 18.3 Å². The van der Waals surface area contributed by atoms with Crippen molar-refractivity contribution in [2.45, 2.75) is 31.6 Å². The molecule has 4 heterocycles. The van der Waals surface area contributed by atoms with Crippen LogP contribution in [0.15, 0.2) is 36.5 Å². The second-order valence-corrected chi connectivity index (χ2v) is 8.55. The first kappa shape index (κ1) is 28.0. The molecular formula is C24H20F6N4O5. The second-order valence-electron chi connectivity index (χ2n) is 8.55. The van der Waals surface area contributed by atoms with Gasteiger partial charge in [0, 0.05) is 17.5 Å². The number of amides is 1. The third kappa shape index (κ3) is 6.04. The van der Waals surface area contributed by atoms with Gasteiger partial charge < -0.3 is 25.2 Å². The van der Waals surface area contributed by atoms with E-state index in [4.69, 9.17) is 25.1 Å². The topological polar surface area (TPSA) is 128 Å². The third-order valence-corrected chi connectivity index (χ3v) is 6.09. The molecule has 5 rings (SSSR count). The molecular weight excluding hydrogens is 538 g/mol. The van der Waals surface area contributed by atoms with Crippen molar-refractivity contribution in [3.8, 4) is 0 Å². The summed E-state index contributed by atoms with van der Waals surface area (Å²) in [7, 11) is 0. The number of hydrogen-bond acceptors (Lipinski definition) is 7. The Morgan fingerprint density at radius 3 is 2.28 bits per heavy atom. The van der Waals surface area contributed by atoms with E-state index in [9.17, 15) is 31.1 Å². The molecule has 0 aliphatic carbocycles. The Hall–Kier alpha value is -3.98. The monoisotopic (exact) mass is 558 g/mol. The number of aliphatic carboxylic acids is 1. The number of benzene rings is 1. The number of aromatic nitrogens is 2. The van der Waals surface area contributed by atoms with E-state index in [1.54, 1.807) is 11.0 Å². The smallest absolute Gasteiger partial charge is 0.475 e. The number of nitrogens with two attached hydrogens (primary N) is 1. The number of halogens is 6. The van der Waals surface area contributed by atoms with E-state index >= 15 is 0 Å². The minimum Gasteiger partial charge on any atom is -0.475 e. The fourth-order valence-corrected chi connectivity index (χ4v) is 4.16. The number of anilines is 1. The fourth-order valence-electron chi connectivity index (χ4n) is 4.16. The van der Waals surface area contributed by atoms with Gasteiger partial charge in [-0.25, -0.2) is 14.8 Å². The van der Waals surface area contributed by atoms with Crippen LogP contribution in [0.3, 0.4) is 0 Å². The highest BCUT2D eigenvalue weighted by atomic mass is 19.4. The van der Waals surface area contributed by atoms with Gasteiger partial charge in [0.25, 0.3) is 5.91 Å². The molecule has 0 spiro atoms. The molecule has 2 aromatic heterocycles. The van der Waals surface area contributed by atoms with Crippen LogP contribution < -0.4 is 5.73 Å². The predicted octanol–water partition coefficient (Wildman–Crippen LogP) is 4.11. The van der Waals surface area contributed by atoms with E-state index in [1.807, 2.05) is 0 Å². The highest BCUT2D eigenvalue weighted by molar-refractivity contribution is 5.97. The van der Waals surface area contributed by atoms with Crippen molar-refractivity contribution in [1.29, 1.82) is 0 Å². The summed E-state index contributed by atoms with van der Waals surface area (Å²) in [6, 6.07) is 5.95. The summed E-state index contributed by atoms with van der Waals surface area (Å²) >= 11 is 0. The number of carbonyl (C=O) groups is 2. The predicted molar refractivity (Wildman–Crippen MR) is 122 cm³/mol. The summed E-state index contributed by atoms with van der Waals surface area (Å²) < 4.78 is 81.5. The molecule has 1 aromatic carbocycles. The van der Waals surface area contributed by atoms with Crippen LogP contribution in [-0.2, 0) is 33.7 Å². The lowest BCUT2D eigenvalue weighted by Crippen LogP contribution is -2.43. The summed E-state index contributed by atoms with van der Waals surface area (Å²) in [6.45, 7) is 1.56. The highest BCUT2D eigenvalue weighted by Gasteiger charge is 2.38. The molecule has 1 unspecified atom stereocenters. The second kappa shape index (κ2) is 10.6. The average Bonchev–Trinajstić information content (AvgIpc) is 3.39. The zero-order valence-electron chi connectivity index (χ0n) is 19.8. The zero-order valence-corrected chi connectivity index (χ0v) is 19.8. The fraction of sp³-hybridized carbons (Fsp3) is 0.333. The summed E-state index contributed by atoms with van der Waals surface area (Å²) in [5.74, 6) is -2.70. The maximum absolute atomic E-state index is 13.4. The molecule has 1 atom stereocenters. The van der Waals surface area contributed by atoms with Gasteiger partial charge in [-0.2, -0.15) is 26.3 Å². The summed E-state index contributed by atoms with van der Waals surface area (Å²) in [6.07, 6.45) is -8.00. The first-order chi connectivity index (χ1) is 18.3. The summed E-state index contributed by atoms with van der Waals surface area (Å²) in [5, 5.41) is 7.88. The number of hydrogen-bond donors (Lipinski definition) is 2. The van der Waals surface area contributed by atoms with Crippen molar-refractivity contribution in [3.63, 3.8) is 0 Å². The molecule has 2 aliphatic heterocycles. The molecule has 208 valence electrons. The Balaban J connectivity index is 0.000000448. The molecule has 0 saturated carbocycles. The molecule has 15 heteroatoms. The van der Waals surface area contributed by atoms with Crippen LogP contribution in [0.1, 0.15) is 38.8 Å². The molecule has 1 fully saturated rings. The average molecular weight is 558 g/mol. The van der Waals surface area contributed by atoms with E-state index in [0.717, 1.165) is 28.6 Å². The van der Waals surface area contributed by atoms with Crippen molar-refractivity contribution in [3.05, 3.63) is 64.5 Å². The SMILES string of the molecule is Nc1nc2cnc(C(=O)N3CCOCC3c3ccc(C(F)(F)F)cc3)cc2c2c1COC2.O=C(O)C(F)(F)F. The quantitative estimate of drug-likeness (QED) is 0.450. The van der Waals surface area contributed by atoms with E-state index in [0.29, 0.717) is 43.3 Å². The highest BCUT2D eigenvalue weighted by Crippen LogP contribution is 2.34. The number of ether oxygens (including phenoxy) is 2. The Labute approximate surface area is 216 Å². The Morgan fingerprint density at radius 2 is 1.67 bits per heavy atom. The van der Waals surface area contributed by atoms with Crippen LogP contribution in [0.25, 0.3) is 10.9 Å². The van der Waals surface area contributed by atoms with Gasteiger partial charge in [0.05, 0.1) is 49.7 Å². The molecule has 0 radical (unpaired) electrons. The van der Waals surface area contributed by atoms with Crippen LogP contribution in [0.5, 0.6) is 0 Å². The van der Waals surface area contributed by atoms with Crippen LogP contribution in [0.2, 0.25) is 0 Å². The van der Waals surface area contributed by atoms with Crippen molar-refractivity contribution in [2.24, 2.45) is 0 Å². The number of alkyl halides is 6. The maximum atomic E-state index is 13.4. The first-order valence-corrected chi connectivity index (χ1v) is 11.3. The number of nitrogen functional groups attached to an aromatic ring is 1.